The number of aryl methyl sites for hydroxylation is 1. The summed E-state index contributed by atoms with van der Waals surface area (Å²) in [5, 5.41) is 13.0. The van der Waals surface area contributed by atoms with Gasteiger partial charge in [0.2, 0.25) is 0 Å². The maximum atomic E-state index is 14.5. The van der Waals surface area contributed by atoms with Gasteiger partial charge < -0.3 is 24.8 Å². The van der Waals surface area contributed by atoms with Gasteiger partial charge in [-0.1, -0.05) is 12.1 Å². The van der Waals surface area contributed by atoms with Crippen molar-refractivity contribution in [2.75, 3.05) is 26.6 Å². The van der Waals surface area contributed by atoms with Crippen LogP contribution < -0.4 is 19.5 Å². The normalized spacial score (nSPS) is 23.4. The average molecular weight is 505 g/mol. The predicted molar refractivity (Wildman–Crippen MR) is 134 cm³/mol. The fraction of sp³-hybridized carbons (Fsp3) is 0.360. The van der Waals surface area contributed by atoms with Crippen LogP contribution in [0.2, 0.25) is 0 Å². The molecule has 2 aromatic rings. The lowest BCUT2D eigenvalue weighted by atomic mass is 10.1. The lowest BCUT2D eigenvalue weighted by Gasteiger charge is -2.34. The number of likely N-dealkylation sites (N-methyl/N-ethyl adjacent to an activating group) is 1. The van der Waals surface area contributed by atoms with Crippen LogP contribution in [0, 0.1) is 12.7 Å². The van der Waals surface area contributed by atoms with Gasteiger partial charge in [0.15, 0.2) is 16.7 Å². The van der Waals surface area contributed by atoms with E-state index in [1.165, 1.54) is 11.0 Å². The van der Waals surface area contributed by atoms with E-state index in [0.717, 1.165) is 11.1 Å². The highest BCUT2D eigenvalue weighted by Gasteiger charge is 2.58. The van der Waals surface area contributed by atoms with Gasteiger partial charge in [0.05, 0.1) is 19.9 Å². The highest BCUT2D eigenvalue weighted by Crippen LogP contribution is 2.49. The van der Waals surface area contributed by atoms with Crippen molar-refractivity contribution in [1.82, 2.24) is 9.62 Å². The van der Waals surface area contributed by atoms with Gasteiger partial charge in [0, 0.05) is 19.4 Å². The van der Waals surface area contributed by atoms with Gasteiger partial charge in [0.1, 0.15) is 23.6 Å². The first-order valence-corrected chi connectivity index (χ1v) is 12.7. The van der Waals surface area contributed by atoms with Gasteiger partial charge in [-0.15, -0.1) is 0 Å². The third kappa shape index (κ3) is 5.00. The summed E-state index contributed by atoms with van der Waals surface area (Å²) in [6, 6.07) is 10.2. The summed E-state index contributed by atoms with van der Waals surface area (Å²) in [4.78, 5) is 1.49. The van der Waals surface area contributed by atoms with Crippen LogP contribution in [0.25, 0.3) is 0 Å². The Balaban J connectivity index is 1.61. The maximum absolute atomic E-state index is 14.5. The molecule has 4 rings (SSSR count). The Hall–Kier alpha value is -3.08. The van der Waals surface area contributed by atoms with Crippen LogP contribution in [-0.2, 0) is 14.6 Å². The molecule has 0 saturated heterocycles. The Morgan fingerprint density at radius 1 is 1.11 bits per heavy atom. The van der Waals surface area contributed by atoms with Crippen molar-refractivity contribution in [2.24, 2.45) is 0 Å². The molecule has 4 unspecified atom stereocenters. The summed E-state index contributed by atoms with van der Waals surface area (Å²) in [6.07, 6.45) is 1.15. The van der Waals surface area contributed by atoms with E-state index in [4.69, 9.17) is 9.47 Å². The SMILES string of the molecule is COc1ccc(C2CC2[S+](=O)(O)NC2=C(Nc3ccc(C)cc3F)N(C)C(O)C(C)=C2)cc1OC. The van der Waals surface area contributed by atoms with Crippen LogP contribution in [-0.4, -0.2) is 47.3 Å². The van der Waals surface area contributed by atoms with Crippen molar-refractivity contribution in [1.29, 1.82) is 0 Å². The molecule has 0 radical (unpaired) electrons. The van der Waals surface area contributed by atoms with Crippen molar-refractivity contribution in [2.45, 2.75) is 37.7 Å². The first kappa shape index (κ1) is 25.0. The average Bonchev–Trinajstić information content (AvgIpc) is 3.63. The van der Waals surface area contributed by atoms with E-state index in [1.54, 1.807) is 59.4 Å². The van der Waals surface area contributed by atoms with Gasteiger partial charge in [0.25, 0.3) is 0 Å². The van der Waals surface area contributed by atoms with E-state index in [-0.39, 0.29) is 17.4 Å². The van der Waals surface area contributed by atoms with Crippen LogP contribution in [0.3, 0.4) is 0 Å². The molecule has 8 nitrogen and oxygen atoms in total. The molecule has 2 aromatic carbocycles. The summed E-state index contributed by atoms with van der Waals surface area (Å²) in [5.41, 5.74) is 2.71. The van der Waals surface area contributed by atoms with Gasteiger partial charge in [-0.3, -0.25) is 0 Å². The first-order valence-electron chi connectivity index (χ1n) is 11.2. The molecule has 1 aliphatic heterocycles. The second-order valence-electron chi connectivity index (χ2n) is 8.91. The standard InChI is InChI=1S/C25H30FN3O5S/c1-14-6-8-19(18(26)10-14)27-24-20(11-15(2)25(30)29(24)3)28-35(31,32)23-13-17(23)16-7-9-21(33-4)22(12-16)34-5/h6-12,17,23,25,27,30H,13H2,1-5H3,(H-,28,31,32)/p+1. The monoisotopic (exact) mass is 504 g/mol. The number of benzene rings is 2. The summed E-state index contributed by atoms with van der Waals surface area (Å²) >= 11 is 0. The third-order valence-corrected chi connectivity index (χ3v) is 8.22. The van der Waals surface area contributed by atoms with Crippen LogP contribution in [0.5, 0.6) is 11.5 Å². The largest absolute Gasteiger partial charge is 0.493 e. The topological polar surface area (TPSA) is 103 Å². The van der Waals surface area contributed by atoms with Crippen LogP contribution in [0.4, 0.5) is 10.1 Å². The summed E-state index contributed by atoms with van der Waals surface area (Å²) in [6.45, 7) is 3.50. The lowest BCUT2D eigenvalue weighted by molar-refractivity contribution is 0.0755. The summed E-state index contributed by atoms with van der Waals surface area (Å²) in [7, 11) is 1.18. The number of allylic oxidation sites excluding steroid dienone is 1. The highest BCUT2D eigenvalue weighted by molar-refractivity contribution is 7.96. The number of nitrogens with one attached hydrogen (secondary N) is 2. The number of rotatable bonds is 8. The molecule has 1 heterocycles. The highest BCUT2D eigenvalue weighted by atomic mass is 32.3. The molecule has 0 aromatic heterocycles. The van der Waals surface area contributed by atoms with E-state index in [1.807, 2.05) is 12.1 Å². The molecule has 1 saturated carbocycles. The number of aliphatic hydroxyl groups is 1. The molecule has 2 aliphatic rings. The van der Waals surface area contributed by atoms with Crippen molar-refractivity contribution < 1.29 is 27.7 Å². The number of ether oxygens (including phenoxy) is 2. The maximum Gasteiger partial charge on any atom is 0.314 e. The molecule has 10 heteroatoms. The van der Waals surface area contributed by atoms with Gasteiger partial charge in [-0.05, 0) is 65.1 Å². The van der Waals surface area contributed by atoms with Crippen LogP contribution >= 0.6 is 0 Å². The van der Waals surface area contributed by atoms with Gasteiger partial charge in [-0.2, -0.15) is 9.27 Å². The van der Waals surface area contributed by atoms with E-state index < -0.39 is 27.7 Å². The number of hydrogen-bond donors (Lipinski definition) is 4. The Labute approximate surface area is 205 Å². The Bertz CT molecular complexity index is 1250. The zero-order valence-corrected chi connectivity index (χ0v) is 21.1. The summed E-state index contributed by atoms with van der Waals surface area (Å²) in [5.74, 6) is 0.833. The lowest BCUT2D eigenvalue weighted by Crippen LogP contribution is -2.43. The molecule has 35 heavy (non-hydrogen) atoms. The minimum absolute atomic E-state index is 0.136. The van der Waals surface area contributed by atoms with E-state index in [2.05, 4.69) is 10.0 Å². The molecule has 0 spiro atoms. The zero-order chi connectivity index (χ0) is 25.5. The van der Waals surface area contributed by atoms with Gasteiger partial charge >= 0.3 is 10.4 Å². The Kier molecular flexibility index (Phi) is 6.81. The third-order valence-electron chi connectivity index (χ3n) is 6.37. The number of anilines is 1. The molecular formula is C25H31FN3O5S+. The molecule has 0 amide bonds. The summed E-state index contributed by atoms with van der Waals surface area (Å²) < 4.78 is 52.4. The van der Waals surface area contributed by atoms with Crippen LogP contribution in [0.1, 0.15) is 30.4 Å². The first-order chi connectivity index (χ1) is 16.6. The van der Waals surface area contributed by atoms with Crippen molar-refractivity contribution in [3.05, 3.63) is 76.5 Å². The van der Waals surface area contributed by atoms with E-state index >= 15 is 0 Å². The second-order valence-corrected chi connectivity index (χ2v) is 10.9. The van der Waals surface area contributed by atoms with Crippen molar-refractivity contribution in [3.8, 4) is 11.5 Å². The number of halogens is 1. The van der Waals surface area contributed by atoms with E-state index in [0.29, 0.717) is 29.2 Å². The second kappa shape index (κ2) is 9.52. The molecule has 1 aliphatic carbocycles. The molecule has 1 fully saturated rings. The quantitative estimate of drug-likeness (QED) is 0.403. The fourth-order valence-corrected chi connectivity index (χ4v) is 5.96. The zero-order valence-electron chi connectivity index (χ0n) is 20.3. The number of aliphatic hydroxyl groups excluding tert-OH is 1. The van der Waals surface area contributed by atoms with E-state index in [9.17, 15) is 18.3 Å². The minimum Gasteiger partial charge on any atom is -0.493 e. The smallest absolute Gasteiger partial charge is 0.314 e. The number of hydrogen-bond acceptors (Lipinski definition) is 6. The number of methoxy groups -OCH3 is 2. The molecule has 4 atom stereocenters. The van der Waals surface area contributed by atoms with Crippen molar-refractivity contribution >= 4 is 16.1 Å². The predicted octanol–water partition coefficient (Wildman–Crippen LogP) is 3.98. The molecule has 0 bridgehead atoms. The Morgan fingerprint density at radius 3 is 2.49 bits per heavy atom. The fourth-order valence-electron chi connectivity index (χ4n) is 4.26. The van der Waals surface area contributed by atoms with Crippen molar-refractivity contribution in [3.63, 3.8) is 0 Å². The van der Waals surface area contributed by atoms with Gasteiger partial charge in [-0.25, -0.2) is 4.39 Å². The molecule has 188 valence electrons. The Morgan fingerprint density at radius 2 is 1.83 bits per heavy atom. The van der Waals surface area contributed by atoms with Crippen LogP contribution in [0.15, 0.2) is 59.6 Å². The number of nitrogens with zero attached hydrogens (tertiary/aromatic N) is 1. The molecule has 4 N–H and O–H groups in total. The minimum atomic E-state index is -3.54. The molecular weight excluding hydrogens is 473 g/mol.